The fourth-order valence-electron chi connectivity index (χ4n) is 6.44. The van der Waals surface area contributed by atoms with Crippen molar-refractivity contribution in [3.63, 3.8) is 0 Å². The monoisotopic (exact) mass is 445 g/mol. The first-order chi connectivity index (χ1) is 15.6. The van der Waals surface area contributed by atoms with Crippen LogP contribution < -0.4 is 0 Å². The van der Waals surface area contributed by atoms with Gasteiger partial charge in [0.05, 0.1) is 12.3 Å². The molecule has 1 N–H and O–H groups in total. The number of furan rings is 1. The molecular formula is C26H43N3O3. The minimum atomic E-state index is 0.0225. The fraction of sp³-hybridized carbons (Fsp3) is 0.808. The van der Waals surface area contributed by atoms with Crippen molar-refractivity contribution in [2.24, 2.45) is 11.3 Å². The molecule has 1 aliphatic carbocycles. The molecule has 1 aromatic heterocycles. The van der Waals surface area contributed by atoms with Crippen LogP contribution in [0.15, 0.2) is 22.8 Å². The average Bonchev–Trinajstić information content (AvgIpc) is 3.35. The lowest BCUT2D eigenvalue weighted by Gasteiger charge is -2.47. The second-order valence-electron chi connectivity index (χ2n) is 10.7. The van der Waals surface area contributed by atoms with Gasteiger partial charge in [0.25, 0.3) is 0 Å². The topological polar surface area (TPSA) is 60.2 Å². The molecule has 1 amide bonds. The summed E-state index contributed by atoms with van der Waals surface area (Å²) in [4.78, 5) is 16.1. The van der Waals surface area contributed by atoms with E-state index in [4.69, 9.17) is 4.42 Å². The Kier molecular flexibility index (Phi) is 8.30. The van der Waals surface area contributed by atoms with Crippen molar-refractivity contribution < 1.29 is 14.3 Å². The Morgan fingerprint density at radius 1 is 1.16 bits per heavy atom. The predicted octanol–water partition coefficient (Wildman–Crippen LogP) is 4.56. The van der Waals surface area contributed by atoms with Gasteiger partial charge in [0.2, 0.25) is 0 Å². The molecule has 6 heteroatoms. The van der Waals surface area contributed by atoms with Crippen molar-refractivity contribution in [3.8, 4) is 0 Å². The minimum Gasteiger partial charge on any atom is -0.459 e. The molecule has 1 atom stereocenters. The van der Waals surface area contributed by atoms with Crippen LogP contribution in [0.5, 0.6) is 0 Å². The summed E-state index contributed by atoms with van der Waals surface area (Å²) < 4.78 is 5.51. The Labute approximate surface area is 193 Å². The van der Waals surface area contributed by atoms with E-state index < -0.39 is 0 Å². The maximum atomic E-state index is 13.4. The maximum Gasteiger partial charge on any atom is 0.304 e. The van der Waals surface area contributed by atoms with Crippen LogP contribution in [-0.2, 0) is 0 Å². The van der Waals surface area contributed by atoms with Crippen molar-refractivity contribution in [1.82, 2.24) is 14.9 Å². The van der Waals surface area contributed by atoms with Gasteiger partial charge in [0.15, 0.2) is 5.76 Å². The van der Waals surface area contributed by atoms with Gasteiger partial charge in [-0.05, 0) is 74.8 Å². The molecule has 2 aliphatic heterocycles. The van der Waals surface area contributed by atoms with E-state index in [1.54, 1.807) is 12.3 Å². The summed E-state index contributed by atoms with van der Waals surface area (Å²) >= 11 is 0. The van der Waals surface area contributed by atoms with Gasteiger partial charge in [0, 0.05) is 39.3 Å². The van der Waals surface area contributed by atoms with Crippen LogP contribution in [0.4, 0.5) is 0 Å². The van der Waals surface area contributed by atoms with Gasteiger partial charge in [-0.1, -0.05) is 26.2 Å². The largest absolute Gasteiger partial charge is 0.459 e. The molecule has 0 radical (unpaired) electrons. The van der Waals surface area contributed by atoms with Crippen LogP contribution in [-0.4, -0.2) is 71.3 Å². The molecule has 4 rings (SSSR count). The van der Waals surface area contributed by atoms with E-state index in [1.807, 2.05) is 6.07 Å². The highest BCUT2D eigenvalue weighted by Gasteiger charge is 2.38. The fourth-order valence-corrected chi connectivity index (χ4v) is 6.44. The Morgan fingerprint density at radius 2 is 1.94 bits per heavy atom. The minimum absolute atomic E-state index is 0.0225. The average molecular weight is 446 g/mol. The number of piperidine rings is 2. The van der Waals surface area contributed by atoms with Crippen molar-refractivity contribution >= 4 is 5.91 Å². The highest BCUT2D eigenvalue weighted by atomic mass is 16.3. The molecule has 3 fully saturated rings. The molecular weight excluding hydrogens is 402 g/mol. The van der Waals surface area contributed by atoms with E-state index in [1.165, 1.54) is 38.5 Å². The number of carbonyl (C=O) groups is 1. The number of nitrogens with zero attached hydrogens (tertiary/aromatic N) is 3. The smallest absolute Gasteiger partial charge is 0.304 e. The van der Waals surface area contributed by atoms with Crippen LogP contribution in [0.25, 0.3) is 0 Å². The zero-order valence-electron chi connectivity index (χ0n) is 20.0. The highest BCUT2D eigenvalue weighted by Crippen LogP contribution is 2.41. The molecule has 2 saturated heterocycles. The molecule has 32 heavy (non-hydrogen) atoms. The summed E-state index contributed by atoms with van der Waals surface area (Å²) in [6, 6.07) is 3.85. The van der Waals surface area contributed by atoms with E-state index in [-0.39, 0.29) is 11.9 Å². The standard InChI is InChI=1S/C26H43N3O3/c1-22-8-5-15-28(20-22)29(25(31)24-9-6-19-32-24)23-10-16-27(17-11-23)21-26(14-7-18-30)12-3-2-4-13-26/h6,9,19,22-23,30H,2-5,7-8,10-18,20-21H2,1H3. The summed E-state index contributed by atoms with van der Waals surface area (Å²) in [6.45, 7) is 7.78. The SMILES string of the molecule is CC1CCCN(N(C(=O)c2ccco2)C2CCN(CC3(CCCO)CCCCC3)CC2)C1. The van der Waals surface area contributed by atoms with Gasteiger partial charge >= 0.3 is 5.91 Å². The number of carbonyl (C=O) groups excluding carboxylic acids is 1. The molecule has 3 heterocycles. The number of amides is 1. The third kappa shape index (κ3) is 5.75. The van der Waals surface area contributed by atoms with Gasteiger partial charge < -0.3 is 14.4 Å². The molecule has 0 bridgehead atoms. The Morgan fingerprint density at radius 3 is 2.59 bits per heavy atom. The zero-order chi connectivity index (χ0) is 22.4. The number of aliphatic hydroxyl groups excluding tert-OH is 1. The van der Waals surface area contributed by atoms with Crippen molar-refractivity contribution in [2.75, 3.05) is 39.3 Å². The number of hydrogen-bond acceptors (Lipinski definition) is 5. The highest BCUT2D eigenvalue weighted by molar-refractivity contribution is 5.91. The van der Waals surface area contributed by atoms with E-state index >= 15 is 0 Å². The lowest BCUT2D eigenvalue weighted by Crippen LogP contribution is -2.58. The molecule has 1 aromatic rings. The third-order valence-electron chi connectivity index (χ3n) is 8.12. The Bertz CT molecular complexity index is 693. The van der Waals surface area contributed by atoms with Gasteiger partial charge in [-0.25, -0.2) is 5.01 Å². The summed E-state index contributed by atoms with van der Waals surface area (Å²) in [5.74, 6) is 1.10. The first-order valence-corrected chi connectivity index (χ1v) is 13.1. The summed E-state index contributed by atoms with van der Waals surface area (Å²) in [6.07, 6.45) is 14.8. The van der Waals surface area contributed by atoms with E-state index in [0.29, 0.717) is 23.7 Å². The first kappa shape index (κ1) is 23.8. The van der Waals surface area contributed by atoms with Crippen molar-refractivity contribution in [3.05, 3.63) is 24.2 Å². The van der Waals surface area contributed by atoms with Crippen molar-refractivity contribution in [2.45, 2.75) is 83.6 Å². The van der Waals surface area contributed by atoms with E-state index in [9.17, 15) is 9.90 Å². The van der Waals surface area contributed by atoms with Crippen molar-refractivity contribution in [1.29, 1.82) is 0 Å². The van der Waals surface area contributed by atoms with Gasteiger partial charge in [-0.15, -0.1) is 0 Å². The van der Waals surface area contributed by atoms with Gasteiger partial charge in [0.1, 0.15) is 0 Å². The second kappa shape index (κ2) is 11.2. The maximum absolute atomic E-state index is 13.4. The Balaban J connectivity index is 1.41. The molecule has 0 spiro atoms. The van der Waals surface area contributed by atoms with Crippen LogP contribution in [0.1, 0.15) is 88.1 Å². The molecule has 3 aliphatic rings. The number of rotatable bonds is 8. The van der Waals surface area contributed by atoms with E-state index in [0.717, 1.165) is 64.8 Å². The molecule has 1 saturated carbocycles. The van der Waals surface area contributed by atoms with Crippen LogP contribution >= 0.6 is 0 Å². The predicted molar refractivity (Wildman–Crippen MR) is 126 cm³/mol. The Hall–Kier alpha value is -1.37. The number of hydrazine groups is 1. The van der Waals surface area contributed by atoms with Crippen LogP contribution in [0, 0.1) is 11.3 Å². The normalized spacial score (nSPS) is 25.6. The number of aliphatic hydroxyl groups is 1. The van der Waals surface area contributed by atoms with Gasteiger partial charge in [-0.2, -0.15) is 0 Å². The number of hydrogen-bond donors (Lipinski definition) is 1. The van der Waals surface area contributed by atoms with Gasteiger partial charge in [-0.3, -0.25) is 9.80 Å². The summed E-state index contributed by atoms with van der Waals surface area (Å²) in [5.41, 5.74) is 0.389. The summed E-state index contributed by atoms with van der Waals surface area (Å²) in [7, 11) is 0. The molecule has 6 nitrogen and oxygen atoms in total. The third-order valence-corrected chi connectivity index (χ3v) is 8.12. The zero-order valence-corrected chi connectivity index (χ0v) is 20.0. The quantitative estimate of drug-likeness (QED) is 0.636. The summed E-state index contributed by atoms with van der Waals surface area (Å²) in [5, 5.41) is 13.8. The number of likely N-dealkylation sites (tertiary alicyclic amines) is 1. The molecule has 180 valence electrons. The van der Waals surface area contributed by atoms with E-state index in [2.05, 4.69) is 21.8 Å². The first-order valence-electron chi connectivity index (χ1n) is 13.1. The molecule has 1 unspecified atom stereocenters. The lowest BCUT2D eigenvalue weighted by atomic mass is 9.70. The molecule has 0 aromatic carbocycles. The lowest BCUT2D eigenvalue weighted by molar-refractivity contribution is -0.0735. The van der Waals surface area contributed by atoms with Crippen LogP contribution in [0.3, 0.4) is 0 Å². The van der Waals surface area contributed by atoms with Crippen LogP contribution in [0.2, 0.25) is 0 Å². The second-order valence-corrected chi connectivity index (χ2v) is 10.7.